The summed E-state index contributed by atoms with van der Waals surface area (Å²) >= 11 is 0. The monoisotopic (exact) mass is 304 g/mol. The van der Waals surface area contributed by atoms with Gasteiger partial charge in [0.05, 0.1) is 6.61 Å². The normalized spacial score (nSPS) is 56.5. The van der Waals surface area contributed by atoms with Crippen LogP contribution in [0.4, 0.5) is 0 Å². The predicted molar refractivity (Wildman–Crippen MR) is 88.3 cm³/mol. The van der Waals surface area contributed by atoms with Crippen LogP contribution in [0.1, 0.15) is 65.2 Å². The fraction of sp³-hybridized carbons (Fsp3) is 0.900. The fourth-order valence-corrected chi connectivity index (χ4v) is 7.48. The average Bonchev–Trinajstić information content (AvgIpc) is 2.79. The average molecular weight is 304 g/mol. The molecule has 0 radical (unpaired) electrons. The molecule has 22 heavy (non-hydrogen) atoms. The molecule has 124 valence electrons. The highest BCUT2D eigenvalue weighted by molar-refractivity contribution is 5.26. The molecule has 0 aromatic carbocycles. The number of fused-ring (bicyclic) bond motifs is 3. The van der Waals surface area contributed by atoms with Gasteiger partial charge in [0.1, 0.15) is 0 Å². The third kappa shape index (κ3) is 1.74. The zero-order valence-electron chi connectivity index (χ0n) is 14.3. The summed E-state index contributed by atoms with van der Waals surface area (Å²) in [5.74, 6) is 1.42. The molecule has 0 aromatic rings. The maximum absolute atomic E-state index is 10.1. The third-order valence-corrected chi connectivity index (χ3v) is 8.55. The second-order valence-corrected chi connectivity index (χ2v) is 9.62. The molecule has 2 N–H and O–H groups in total. The first-order valence-corrected chi connectivity index (χ1v) is 9.34. The van der Waals surface area contributed by atoms with Crippen molar-refractivity contribution in [1.82, 2.24) is 0 Å². The Morgan fingerprint density at radius 2 is 1.68 bits per heavy atom. The lowest BCUT2D eigenvalue weighted by Crippen LogP contribution is -2.58. The van der Waals surface area contributed by atoms with Crippen molar-refractivity contribution in [2.45, 2.75) is 65.2 Å². The zero-order valence-corrected chi connectivity index (χ0v) is 14.3. The van der Waals surface area contributed by atoms with Crippen LogP contribution in [0.25, 0.3) is 0 Å². The van der Waals surface area contributed by atoms with Gasteiger partial charge >= 0.3 is 0 Å². The molecule has 0 heterocycles. The van der Waals surface area contributed by atoms with Gasteiger partial charge in [0, 0.05) is 12.0 Å². The lowest BCUT2D eigenvalue weighted by molar-refractivity contribution is -0.158. The summed E-state index contributed by atoms with van der Waals surface area (Å²) in [6.45, 7) is 5.54. The van der Waals surface area contributed by atoms with E-state index in [0.29, 0.717) is 30.0 Å². The molecule has 1 spiro atoms. The predicted octanol–water partition coefficient (Wildman–Crippen LogP) is 3.92. The lowest BCUT2D eigenvalue weighted by Gasteiger charge is -2.64. The molecule has 0 unspecified atom stereocenters. The summed E-state index contributed by atoms with van der Waals surface area (Å²) < 4.78 is 0. The van der Waals surface area contributed by atoms with Gasteiger partial charge in [0.25, 0.3) is 0 Å². The summed E-state index contributed by atoms with van der Waals surface area (Å²) in [5.41, 5.74) is 0.946. The number of hydrogen-bond donors (Lipinski definition) is 2. The van der Waals surface area contributed by atoms with Crippen LogP contribution in [0, 0.1) is 33.5 Å². The maximum Gasteiger partial charge on any atom is 0.0522 e. The van der Waals surface area contributed by atoms with Gasteiger partial charge in [-0.05, 0) is 73.0 Å². The SMILES string of the molecule is C[C@]1(CO)CCC[C@@]2(C)[C@@H]1CC[C@]13C=C[C@](CO)(CC[C@H]12)C3. The first kappa shape index (κ1) is 15.2. The van der Waals surface area contributed by atoms with Crippen LogP contribution >= 0.6 is 0 Å². The molecule has 2 bridgehead atoms. The lowest BCUT2D eigenvalue weighted by atomic mass is 9.40. The van der Waals surface area contributed by atoms with Gasteiger partial charge in [-0.3, -0.25) is 0 Å². The molecule has 4 rings (SSSR count). The van der Waals surface area contributed by atoms with Crippen LogP contribution in [-0.4, -0.2) is 23.4 Å². The van der Waals surface area contributed by atoms with Crippen molar-refractivity contribution in [2.24, 2.45) is 33.5 Å². The molecular formula is C20H32O2. The third-order valence-electron chi connectivity index (χ3n) is 8.55. The van der Waals surface area contributed by atoms with Crippen LogP contribution in [0.3, 0.4) is 0 Å². The zero-order chi connectivity index (χ0) is 15.6. The molecule has 4 aliphatic rings. The maximum atomic E-state index is 10.1. The van der Waals surface area contributed by atoms with E-state index in [1.165, 1.54) is 44.9 Å². The summed E-state index contributed by atoms with van der Waals surface area (Å²) in [5, 5.41) is 19.9. The number of rotatable bonds is 2. The second-order valence-electron chi connectivity index (χ2n) is 9.62. The Morgan fingerprint density at radius 1 is 0.909 bits per heavy atom. The van der Waals surface area contributed by atoms with Gasteiger partial charge in [0.2, 0.25) is 0 Å². The largest absolute Gasteiger partial charge is 0.396 e. The van der Waals surface area contributed by atoms with Crippen molar-refractivity contribution in [1.29, 1.82) is 0 Å². The van der Waals surface area contributed by atoms with E-state index in [-0.39, 0.29) is 10.8 Å². The molecule has 0 amide bonds. The first-order valence-electron chi connectivity index (χ1n) is 9.34. The molecule has 0 aliphatic heterocycles. The molecule has 3 saturated carbocycles. The van der Waals surface area contributed by atoms with Gasteiger partial charge < -0.3 is 10.2 Å². The van der Waals surface area contributed by atoms with E-state index >= 15 is 0 Å². The van der Waals surface area contributed by atoms with Crippen molar-refractivity contribution in [3.63, 3.8) is 0 Å². The summed E-state index contributed by atoms with van der Waals surface area (Å²) in [6.07, 6.45) is 14.8. The molecule has 4 aliphatic carbocycles. The standard InChI is InChI=1S/C20H32O2/c1-17(13-21)6-3-7-18(2)15(17)5-9-20-11-10-19(12-20,14-22)8-4-16(18)20/h10-11,15-16,21-22H,3-9,12-14H2,1-2H3/t15-,16+,17-,18+,19-,20-/m1/s1. The molecule has 0 saturated heterocycles. The van der Waals surface area contributed by atoms with E-state index in [1.807, 2.05) is 0 Å². The quantitative estimate of drug-likeness (QED) is 0.759. The van der Waals surface area contributed by atoms with Gasteiger partial charge in [-0.25, -0.2) is 0 Å². The van der Waals surface area contributed by atoms with Crippen molar-refractivity contribution in [2.75, 3.05) is 13.2 Å². The smallest absolute Gasteiger partial charge is 0.0522 e. The van der Waals surface area contributed by atoms with Crippen LogP contribution in [0.2, 0.25) is 0 Å². The van der Waals surface area contributed by atoms with Gasteiger partial charge in [-0.15, -0.1) is 0 Å². The number of allylic oxidation sites excluding steroid dienone is 1. The molecule has 0 aromatic heterocycles. The van der Waals surface area contributed by atoms with E-state index in [9.17, 15) is 10.2 Å². The van der Waals surface area contributed by atoms with Gasteiger partial charge in [-0.1, -0.05) is 32.4 Å². The molecule has 2 nitrogen and oxygen atoms in total. The Balaban J connectivity index is 1.72. The Hall–Kier alpha value is -0.340. The van der Waals surface area contributed by atoms with E-state index in [1.54, 1.807) is 0 Å². The highest BCUT2D eigenvalue weighted by atomic mass is 16.3. The van der Waals surface area contributed by atoms with E-state index < -0.39 is 0 Å². The second kappa shape index (κ2) is 4.60. The topological polar surface area (TPSA) is 40.5 Å². The van der Waals surface area contributed by atoms with E-state index in [2.05, 4.69) is 26.0 Å². The van der Waals surface area contributed by atoms with E-state index in [4.69, 9.17) is 0 Å². The minimum atomic E-state index is 0.0919. The highest BCUT2D eigenvalue weighted by Crippen LogP contribution is 2.71. The van der Waals surface area contributed by atoms with Crippen molar-refractivity contribution in [3.8, 4) is 0 Å². The van der Waals surface area contributed by atoms with Gasteiger partial charge in [0.15, 0.2) is 0 Å². The minimum absolute atomic E-state index is 0.0919. The summed E-state index contributed by atoms with van der Waals surface area (Å²) in [7, 11) is 0. The van der Waals surface area contributed by atoms with Crippen molar-refractivity contribution >= 4 is 0 Å². The molecule has 2 heteroatoms. The molecule has 6 atom stereocenters. The van der Waals surface area contributed by atoms with Crippen LogP contribution < -0.4 is 0 Å². The number of aliphatic hydroxyl groups is 2. The Labute approximate surface area is 135 Å². The van der Waals surface area contributed by atoms with Crippen LogP contribution in [-0.2, 0) is 0 Å². The summed E-state index contributed by atoms with van der Waals surface area (Å²) in [6, 6.07) is 0. The van der Waals surface area contributed by atoms with Crippen LogP contribution in [0.15, 0.2) is 12.2 Å². The van der Waals surface area contributed by atoms with E-state index in [0.717, 1.165) is 12.3 Å². The Kier molecular flexibility index (Phi) is 3.18. The fourth-order valence-electron chi connectivity index (χ4n) is 7.48. The molecular weight excluding hydrogens is 272 g/mol. The number of aliphatic hydroxyl groups excluding tert-OH is 2. The Bertz CT molecular complexity index is 500. The van der Waals surface area contributed by atoms with Gasteiger partial charge in [-0.2, -0.15) is 0 Å². The van der Waals surface area contributed by atoms with Crippen molar-refractivity contribution in [3.05, 3.63) is 12.2 Å². The first-order chi connectivity index (χ1) is 10.4. The Morgan fingerprint density at radius 3 is 2.41 bits per heavy atom. The highest BCUT2D eigenvalue weighted by Gasteiger charge is 2.63. The summed E-state index contributed by atoms with van der Waals surface area (Å²) in [4.78, 5) is 0. The van der Waals surface area contributed by atoms with Crippen LogP contribution in [0.5, 0.6) is 0 Å². The molecule has 3 fully saturated rings. The number of hydrogen-bond acceptors (Lipinski definition) is 2. The van der Waals surface area contributed by atoms with Crippen molar-refractivity contribution < 1.29 is 10.2 Å². The minimum Gasteiger partial charge on any atom is -0.396 e.